The highest BCUT2D eigenvalue weighted by Crippen LogP contribution is 2.16. The molecule has 0 aliphatic carbocycles. The Morgan fingerprint density at radius 3 is 2.43 bits per heavy atom. The van der Waals surface area contributed by atoms with Crippen molar-refractivity contribution in [2.24, 2.45) is 0 Å². The minimum Gasteiger partial charge on any atom is -0.312 e. The van der Waals surface area contributed by atoms with Gasteiger partial charge in [-0.25, -0.2) is 18.1 Å². The number of aromatic nitrogens is 2. The number of nitrogens with zero attached hydrogens (tertiary/aromatic N) is 2. The van der Waals surface area contributed by atoms with Crippen LogP contribution in [0.5, 0.6) is 0 Å². The third-order valence-electron chi connectivity index (χ3n) is 3.47. The molecule has 0 aliphatic heterocycles. The predicted octanol–water partition coefficient (Wildman–Crippen LogP) is 3.04. The highest BCUT2D eigenvalue weighted by molar-refractivity contribution is 7.92. The van der Waals surface area contributed by atoms with Gasteiger partial charge in [0.15, 0.2) is 0 Å². The molecule has 5 nitrogen and oxygen atoms in total. The van der Waals surface area contributed by atoms with E-state index >= 15 is 0 Å². The van der Waals surface area contributed by atoms with E-state index in [-0.39, 0.29) is 4.90 Å². The van der Waals surface area contributed by atoms with E-state index in [1.165, 1.54) is 0 Å². The second-order valence-corrected chi connectivity index (χ2v) is 6.97. The van der Waals surface area contributed by atoms with Gasteiger partial charge in [0.25, 0.3) is 10.0 Å². The van der Waals surface area contributed by atoms with Crippen LogP contribution in [0.4, 0.5) is 5.95 Å². The van der Waals surface area contributed by atoms with Crippen LogP contribution in [-0.4, -0.2) is 18.0 Å². The molecule has 3 rings (SSSR count). The van der Waals surface area contributed by atoms with Crippen LogP contribution in [0.2, 0.25) is 0 Å². The minimum atomic E-state index is -3.65. The molecule has 2 aromatic carbocycles. The lowest BCUT2D eigenvalue weighted by atomic mass is 10.2. The molecule has 0 radical (unpaired) electrons. The van der Waals surface area contributed by atoms with Gasteiger partial charge in [0.2, 0.25) is 5.95 Å². The molecular weight excluding hydrogens is 310 g/mol. The molecular formula is C17H17N3O2S. The summed E-state index contributed by atoms with van der Waals surface area (Å²) < 4.78 is 29.2. The fraction of sp³-hybridized carbons (Fsp3) is 0.118. The van der Waals surface area contributed by atoms with Gasteiger partial charge in [0, 0.05) is 12.4 Å². The first kappa shape index (κ1) is 15.3. The molecule has 0 amide bonds. The number of aryl methyl sites for hydroxylation is 1. The molecule has 0 fully saturated rings. The van der Waals surface area contributed by atoms with Crippen LogP contribution < -0.4 is 4.72 Å². The van der Waals surface area contributed by atoms with Crippen molar-refractivity contribution in [3.8, 4) is 0 Å². The highest BCUT2D eigenvalue weighted by atomic mass is 32.2. The van der Waals surface area contributed by atoms with E-state index < -0.39 is 10.0 Å². The van der Waals surface area contributed by atoms with Gasteiger partial charge in [-0.15, -0.1) is 0 Å². The number of hydrogen-bond donors (Lipinski definition) is 1. The Kier molecular flexibility index (Phi) is 4.16. The maximum Gasteiger partial charge on any atom is 0.264 e. The Hall–Kier alpha value is -2.60. The summed E-state index contributed by atoms with van der Waals surface area (Å²) in [5, 5.41) is 0. The van der Waals surface area contributed by atoms with Crippen LogP contribution in [0.25, 0.3) is 0 Å². The zero-order valence-corrected chi connectivity index (χ0v) is 13.5. The second kappa shape index (κ2) is 6.26. The van der Waals surface area contributed by atoms with Gasteiger partial charge in [0.05, 0.1) is 11.4 Å². The standard InChI is InChI=1S/C17H17N3O2S/c1-14-7-9-16(10-8-14)23(21,22)19-17-18-11-12-20(17)13-15-5-3-2-4-6-15/h2-12H,13H2,1H3,(H,18,19). The molecule has 0 spiro atoms. The summed E-state index contributed by atoms with van der Waals surface area (Å²) in [6, 6.07) is 16.5. The van der Waals surface area contributed by atoms with Crippen molar-refractivity contribution in [2.75, 3.05) is 4.72 Å². The topological polar surface area (TPSA) is 64.0 Å². The number of imidazole rings is 1. The van der Waals surface area contributed by atoms with Crippen molar-refractivity contribution in [2.45, 2.75) is 18.4 Å². The van der Waals surface area contributed by atoms with Crippen LogP contribution in [0, 0.1) is 6.92 Å². The lowest BCUT2D eigenvalue weighted by molar-refractivity contribution is 0.600. The molecule has 1 heterocycles. The highest BCUT2D eigenvalue weighted by Gasteiger charge is 2.16. The second-order valence-electron chi connectivity index (χ2n) is 5.28. The number of hydrogen-bond acceptors (Lipinski definition) is 3. The molecule has 23 heavy (non-hydrogen) atoms. The first-order valence-corrected chi connectivity index (χ1v) is 8.67. The number of sulfonamides is 1. The molecule has 1 aromatic heterocycles. The molecule has 0 unspecified atom stereocenters. The van der Waals surface area contributed by atoms with E-state index in [4.69, 9.17) is 0 Å². The fourth-order valence-electron chi connectivity index (χ4n) is 2.22. The number of anilines is 1. The Balaban J connectivity index is 1.83. The molecule has 3 aromatic rings. The average Bonchev–Trinajstić information content (AvgIpc) is 2.95. The fourth-order valence-corrected chi connectivity index (χ4v) is 3.24. The summed E-state index contributed by atoms with van der Waals surface area (Å²) in [6.45, 7) is 2.46. The monoisotopic (exact) mass is 327 g/mol. The van der Waals surface area contributed by atoms with Crippen LogP contribution >= 0.6 is 0 Å². The third-order valence-corrected chi connectivity index (χ3v) is 4.81. The van der Waals surface area contributed by atoms with Crippen LogP contribution in [-0.2, 0) is 16.6 Å². The quantitative estimate of drug-likeness (QED) is 0.783. The summed E-state index contributed by atoms with van der Waals surface area (Å²) in [7, 11) is -3.65. The first-order valence-electron chi connectivity index (χ1n) is 7.19. The molecule has 1 N–H and O–H groups in total. The van der Waals surface area contributed by atoms with E-state index in [2.05, 4.69) is 9.71 Å². The Morgan fingerprint density at radius 2 is 1.74 bits per heavy atom. The maximum atomic E-state index is 12.5. The summed E-state index contributed by atoms with van der Waals surface area (Å²) in [6.07, 6.45) is 3.33. The first-order chi connectivity index (χ1) is 11.0. The zero-order chi connectivity index (χ0) is 16.3. The van der Waals surface area contributed by atoms with E-state index in [0.29, 0.717) is 12.5 Å². The Bertz CT molecular complexity index is 885. The van der Waals surface area contributed by atoms with E-state index in [0.717, 1.165) is 11.1 Å². The number of rotatable bonds is 5. The molecule has 0 aliphatic rings. The van der Waals surface area contributed by atoms with E-state index in [1.807, 2.05) is 37.3 Å². The Morgan fingerprint density at radius 1 is 1.04 bits per heavy atom. The molecule has 6 heteroatoms. The summed E-state index contributed by atoms with van der Waals surface area (Å²) in [4.78, 5) is 4.33. The maximum absolute atomic E-state index is 12.5. The van der Waals surface area contributed by atoms with Gasteiger partial charge in [-0.1, -0.05) is 48.0 Å². The average molecular weight is 327 g/mol. The minimum absolute atomic E-state index is 0.220. The van der Waals surface area contributed by atoms with Gasteiger partial charge < -0.3 is 4.57 Å². The zero-order valence-electron chi connectivity index (χ0n) is 12.7. The summed E-state index contributed by atoms with van der Waals surface area (Å²) in [5.74, 6) is 0.300. The number of nitrogens with one attached hydrogen (secondary N) is 1. The lowest BCUT2D eigenvalue weighted by Crippen LogP contribution is -2.17. The predicted molar refractivity (Wildman–Crippen MR) is 89.8 cm³/mol. The van der Waals surface area contributed by atoms with Crippen LogP contribution in [0.15, 0.2) is 71.9 Å². The van der Waals surface area contributed by atoms with E-state index in [1.54, 1.807) is 41.2 Å². The molecule has 0 bridgehead atoms. The largest absolute Gasteiger partial charge is 0.312 e. The molecule has 118 valence electrons. The van der Waals surface area contributed by atoms with Crippen molar-refractivity contribution >= 4 is 16.0 Å². The third kappa shape index (κ3) is 3.60. The van der Waals surface area contributed by atoms with Crippen molar-refractivity contribution < 1.29 is 8.42 Å². The van der Waals surface area contributed by atoms with Gasteiger partial charge in [-0.05, 0) is 24.6 Å². The Labute approximate surface area is 135 Å². The smallest absolute Gasteiger partial charge is 0.264 e. The lowest BCUT2D eigenvalue weighted by Gasteiger charge is -2.11. The van der Waals surface area contributed by atoms with Gasteiger partial charge in [-0.2, -0.15) is 0 Å². The normalized spacial score (nSPS) is 11.3. The van der Waals surface area contributed by atoms with Crippen LogP contribution in [0.3, 0.4) is 0 Å². The van der Waals surface area contributed by atoms with Gasteiger partial charge in [-0.3, -0.25) is 0 Å². The summed E-state index contributed by atoms with van der Waals surface area (Å²) in [5.41, 5.74) is 2.08. The summed E-state index contributed by atoms with van der Waals surface area (Å²) >= 11 is 0. The van der Waals surface area contributed by atoms with Crippen molar-refractivity contribution in [1.82, 2.24) is 9.55 Å². The van der Waals surface area contributed by atoms with Crippen molar-refractivity contribution in [1.29, 1.82) is 0 Å². The van der Waals surface area contributed by atoms with E-state index in [9.17, 15) is 8.42 Å². The molecule has 0 saturated carbocycles. The molecule has 0 atom stereocenters. The van der Waals surface area contributed by atoms with Gasteiger partial charge >= 0.3 is 0 Å². The number of benzene rings is 2. The van der Waals surface area contributed by atoms with Crippen molar-refractivity contribution in [3.63, 3.8) is 0 Å². The van der Waals surface area contributed by atoms with Gasteiger partial charge in [0.1, 0.15) is 0 Å². The van der Waals surface area contributed by atoms with Crippen molar-refractivity contribution in [3.05, 3.63) is 78.1 Å². The van der Waals surface area contributed by atoms with Crippen LogP contribution in [0.1, 0.15) is 11.1 Å². The molecule has 0 saturated heterocycles. The SMILES string of the molecule is Cc1ccc(S(=O)(=O)Nc2nccn2Cc2ccccc2)cc1.